The zero-order valence-corrected chi connectivity index (χ0v) is 10.4. The van der Waals surface area contributed by atoms with Gasteiger partial charge < -0.3 is 15.7 Å². The van der Waals surface area contributed by atoms with Gasteiger partial charge in [0.1, 0.15) is 0 Å². The summed E-state index contributed by atoms with van der Waals surface area (Å²) in [6.07, 6.45) is 2.98. The van der Waals surface area contributed by atoms with Crippen LogP contribution in [0.5, 0.6) is 0 Å². The van der Waals surface area contributed by atoms with Crippen LogP contribution in [0.25, 0.3) is 0 Å². The molecule has 0 saturated carbocycles. The number of hydrogen-bond acceptors (Lipinski definition) is 3. The number of hydrogen-bond donors (Lipinski definition) is 2. The average molecular weight is 214 g/mol. The molecule has 3 N–H and O–H groups in total. The smallest absolute Gasteiger partial charge is 0.0667 e. The molecule has 0 bridgehead atoms. The Balaban J connectivity index is 2.24. The number of β-amino-alcohol motifs (C(OH)–C–C–N with tert-alkyl or cyclic N) is 1. The van der Waals surface area contributed by atoms with Crippen molar-refractivity contribution in [3.63, 3.8) is 0 Å². The van der Waals surface area contributed by atoms with Crippen LogP contribution < -0.4 is 5.73 Å². The number of piperidine rings is 1. The molecule has 1 heterocycles. The highest BCUT2D eigenvalue weighted by Crippen LogP contribution is 2.20. The molecule has 0 aromatic rings. The van der Waals surface area contributed by atoms with Gasteiger partial charge in [-0.25, -0.2) is 0 Å². The first-order valence-corrected chi connectivity index (χ1v) is 6.05. The first kappa shape index (κ1) is 12.9. The molecule has 90 valence electrons. The van der Waals surface area contributed by atoms with E-state index in [0.29, 0.717) is 0 Å². The lowest BCUT2D eigenvalue weighted by atomic mass is 9.85. The summed E-state index contributed by atoms with van der Waals surface area (Å²) < 4.78 is 0. The predicted octanol–water partition coefficient (Wildman–Crippen LogP) is 1.21. The van der Waals surface area contributed by atoms with Crippen molar-refractivity contribution in [2.24, 2.45) is 11.1 Å². The third kappa shape index (κ3) is 4.49. The van der Waals surface area contributed by atoms with Crippen molar-refractivity contribution in [2.45, 2.75) is 52.2 Å². The fourth-order valence-electron chi connectivity index (χ4n) is 1.99. The second-order valence-electron chi connectivity index (χ2n) is 5.86. The van der Waals surface area contributed by atoms with Gasteiger partial charge in [-0.05, 0) is 37.8 Å². The number of aliphatic hydroxyl groups excluding tert-OH is 1. The Morgan fingerprint density at radius 3 is 2.67 bits per heavy atom. The van der Waals surface area contributed by atoms with Gasteiger partial charge in [-0.1, -0.05) is 20.8 Å². The summed E-state index contributed by atoms with van der Waals surface area (Å²) in [7, 11) is 0. The number of rotatable bonds is 3. The molecule has 1 rings (SSSR count). The minimum absolute atomic E-state index is 0.121. The molecular formula is C12H26N2O. The van der Waals surface area contributed by atoms with Gasteiger partial charge in [-0.15, -0.1) is 0 Å². The molecule has 1 aliphatic rings. The summed E-state index contributed by atoms with van der Waals surface area (Å²) in [6.45, 7) is 9.52. The number of likely N-dealkylation sites (tertiary alicyclic amines) is 1. The van der Waals surface area contributed by atoms with Crippen molar-refractivity contribution in [2.75, 3.05) is 19.6 Å². The Bertz CT molecular complexity index is 189. The van der Waals surface area contributed by atoms with Crippen LogP contribution in [-0.4, -0.2) is 41.8 Å². The maximum Gasteiger partial charge on any atom is 0.0667 e. The normalized spacial score (nSPS) is 26.6. The van der Waals surface area contributed by atoms with Crippen LogP contribution in [0.3, 0.4) is 0 Å². The molecular weight excluding hydrogens is 188 g/mol. The molecule has 0 aromatic carbocycles. The topological polar surface area (TPSA) is 49.5 Å². The van der Waals surface area contributed by atoms with E-state index in [4.69, 9.17) is 5.73 Å². The van der Waals surface area contributed by atoms with Crippen LogP contribution in [0, 0.1) is 5.41 Å². The zero-order valence-electron chi connectivity index (χ0n) is 10.4. The summed E-state index contributed by atoms with van der Waals surface area (Å²) in [5, 5.41) is 9.53. The second-order valence-corrected chi connectivity index (χ2v) is 5.86. The molecule has 2 atom stereocenters. The summed E-state index contributed by atoms with van der Waals surface area (Å²) in [6, 6.07) is 0.247. The van der Waals surface area contributed by atoms with E-state index in [1.165, 1.54) is 0 Å². The zero-order chi connectivity index (χ0) is 11.5. The summed E-state index contributed by atoms with van der Waals surface area (Å²) in [4.78, 5) is 2.33. The van der Waals surface area contributed by atoms with E-state index in [-0.39, 0.29) is 17.6 Å². The quantitative estimate of drug-likeness (QED) is 0.742. The van der Waals surface area contributed by atoms with Crippen LogP contribution in [0.2, 0.25) is 0 Å². The van der Waals surface area contributed by atoms with Gasteiger partial charge in [0, 0.05) is 12.6 Å². The third-order valence-electron chi connectivity index (χ3n) is 3.35. The van der Waals surface area contributed by atoms with Crippen LogP contribution >= 0.6 is 0 Å². The molecule has 0 amide bonds. The fourth-order valence-corrected chi connectivity index (χ4v) is 1.99. The largest absolute Gasteiger partial charge is 0.392 e. The van der Waals surface area contributed by atoms with Crippen molar-refractivity contribution in [3.8, 4) is 0 Å². The van der Waals surface area contributed by atoms with Crippen molar-refractivity contribution in [1.29, 1.82) is 0 Å². The van der Waals surface area contributed by atoms with Crippen LogP contribution in [0.4, 0.5) is 0 Å². The number of aliphatic hydroxyl groups is 1. The highest BCUT2D eigenvalue weighted by atomic mass is 16.3. The van der Waals surface area contributed by atoms with Gasteiger partial charge in [-0.2, -0.15) is 0 Å². The maximum absolute atomic E-state index is 9.53. The van der Waals surface area contributed by atoms with Gasteiger partial charge >= 0.3 is 0 Å². The van der Waals surface area contributed by atoms with Gasteiger partial charge in [0.25, 0.3) is 0 Å². The van der Waals surface area contributed by atoms with Gasteiger partial charge in [0.15, 0.2) is 0 Å². The molecule has 0 spiro atoms. The predicted molar refractivity (Wildman–Crippen MR) is 63.7 cm³/mol. The Morgan fingerprint density at radius 2 is 2.13 bits per heavy atom. The molecule has 1 aliphatic heterocycles. The number of nitrogens with zero attached hydrogens (tertiary/aromatic N) is 1. The lowest BCUT2D eigenvalue weighted by molar-refractivity contribution is 0.0670. The van der Waals surface area contributed by atoms with Crippen molar-refractivity contribution in [1.82, 2.24) is 4.90 Å². The SMILES string of the molecule is CC(C)(C)C(N)CCN1CCCC(O)C1. The minimum Gasteiger partial charge on any atom is -0.392 e. The Labute approximate surface area is 93.6 Å². The van der Waals surface area contributed by atoms with Crippen molar-refractivity contribution >= 4 is 0 Å². The van der Waals surface area contributed by atoms with E-state index in [1.54, 1.807) is 0 Å². The second kappa shape index (κ2) is 5.28. The first-order valence-electron chi connectivity index (χ1n) is 6.05. The Morgan fingerprint density at radius 1 is 1.47 bits per heavy atom. The van der Waals surface area contributed by atoms with Crippen LogP contribution in [0.1, 0.15) is 40.0 Å². The molecule has 0 aliphatic carbocycles. The highest BCUT2D eigenvalue weighted by molar-refractivity contribution is 4.79. The first-order chi connectivity index (χ1) is 6.89. The van der Waals surface area contributed by atoms with Gasteiger partial charge in [0.2, 0.25) is 0 Å². The lowest BCUT2D eigenvalue weighted by Crippen LogP contribution is -2.43. The van der Waals surface area contributed by atoms with Gasteiger partial charge in [-0.3, -0.25) is 0 Å². The number of nitrogens with two attached hydrogens (primary N) is 1. The third-order valence-corrected chi connectivity index (χ3v) is 3.35. The van der Waals surface area contributed by atoms with E-state index < -0.39 is 0 Å². The molecule has 2 unspecified atom stereocenters. The van der Waals surface area contributed by atoms with E-state index in [1.807, 2.05) is 0 Å². The Kier molecular flexibility index (Phi) is 4.56. The maximum atomic E-state index is 9.53. The highest BCUT2D eigenvalue weighted by Gasteiger charge is 2.23. The standard InChI is InChI=1S/C12H26N2O/c1-12(2,3)11(13)6-8-14-7-4-5-10(15)9-14/h10-11,15H,4-9,13H2,1-3H3. The summed E-state index contributed by atoms with van der Waals surface area (Å²) in [5.74, 6) is 0. The van der Waals surface area contributed by atoms with E-state index in [9.17, 15) is 5.11 Å². The van der Waals surface area contributed by atoms with Crippen LogP contribution in [0.15, 0.2) is 0 Å². The molecule has 15 heavy (non-hydrogen) atoms. The Hall–Kier alpha value is -0.120. The van der Waals surface area contributed by atoms with Crippen molar-refractivity contribution in [3.05, 3.63) is 0 Å². The molecule has 1 fully saturated rings. The van der Waals surface area contributed by atoms with E-state index in [0.717, 1.165) is 38.9 Å². The van der Waals surface area contributed by atoms with E-state index in [2.05, 4.69) is 25.7 Å². The lowest BCUT2D eigenvalue weighted by Gasteiger charge is -2.33. The molecule has 0 radical (unpaired) electrons. The average Bonchev–Trinajstić information content (AvgIpc) is 2.12. The van der Waals surface area contributed by atoms with Crippen molar-refractivity contribution < 1.29 is 5.11 Å². The fraction of sp³-hybridized carbons (Fsp3) is 1.00. The van der Waals surface area contributed by atoms with E-state index >= 15 is 0 Å². The molecule has 0 aromatic heterocycles. The van der Waals surface area contributed by atoms with Gasteiger partial charge in [0.05, 0.1) is 6.10 Å². The summed E-state index contributed by atoms with van der Waals surface area (Å²) in [5.41, 5.74) is 6.30. The molecule has 1 saturated heterocycles. The summed E-state index contributed by atoms with van der Waals surface area (Å²) >= 11 is 0. The minimum atomic E-state index is -0.121. The van der Waals surface area contributed by atoms with Crippen LogP contribution in [-0.2, 0) is 0 Å². The molecule has 3 heteroatoms. The molecule has 3 nitrogen and oxygen atoms in total. The monoisotopic (exact) mass is 214 g/mol.